The molecule has 0 fully saturated rings. The highest BCUT2D eigenvalue weighted by molar-refractivity contribution is 6.05. The zero-order valence-corrected chi connectivity index (χ0v) is 14.0. The van der Waals surface area contributed by atoms with Crippen LogP contribution in [0.3, 0.4) is 0 Å². The van der Waals surface area contributed by atoms with E-state index in [9.17, 15) is 4.79 Å². The normalized spacial score (nSPS) is 10.8. The first-order valence-electron chi connectivity index (χ1n) is 8.00. The number of carbonyl (C=O) groups is 1. The number of aromatic nitrogens is 5. The van der Waals surface area contributed by atoms with Crippen LogP contribution in [0.1, 0.15) is 16.2 Å². The molecule has 0 aliphatic rings. The summed E-state index contributed by atoms with van der Waals surface area (Å²) in [6.45, 7) is 0.245. The largest absolute Gasteiger partial charge is 0.497 e. The van der Waals surface area contributed by atoms with E-state index in [1.54, 1.807) is 25.6 Å². The van der Waals surface area contributed by atoms with Crippen LogP contribution in [0.5, 0.6) is 5.75 Å². The van der Waals surface area contributed by atoms with Gasteiger partial charge in [-0.3, -0.25) is 9.89 Å². The van der Waals surface area contributed by atoms with E-state index >= 15 is 0 Å². The standard InChI is InChI=1S/C18H16N6O2/c1-26-12-6-4-11(5-7-12)16-22-15(23-24-16)10-21-18(25)14-9-20-17-13(14)3-2-8-19-17/h2-9H,10H2,1H3,(H,19,20)(H,21,25)(H,22,23,24). The number of rotatable bonds is 5. The number of pyridine rings is 1. The molecular weight excluding hydrogens is 332 g/mol. The monoisotopic (exact) mass is 348 g/mol. The molecule has 0 atom stereocenters. The van der Waals surface area contributed by atoms with Gasteiger partial charge in [-0.15, -0.1) is 0 Å². The molecular formula is C18H16N6O2. The third kappa shape index (κ3) is 3.00. The van der Waals surface area contributed by atoms with Crippen LogP contribution >= 0.6 is 0 Å². The Balaban J connectivity index is 1.45. The molecule has 0 bridgehead atoms. The van der Waals surface area contributed by atoms with Gasteiger partial charge in [0.05, 0.1) is 19.2 Å². The van der Waals surface area contributed by atoms with Crippen LogP contribution in [0.4, 0.5) is 0 Å². The number of ether oxygens (including phenoxy) is 1. The molecule has 3 N–H and O–H groups in total. The molecule has 4 rings (SSSR count). The van der Waals surface area contributed by atoms with Crippen molar-refractivity contribution in [2.75, 3.05) is 7.11 Å². The first kappa shape index (κ1) is 15.8. The van der Waals surface area contributed by atoms with Crippen LogP contribution in [0.25, 0.3) is 22.4 Å². The molecule has 1 aromatic carbocycles. The number of aromatic amines is 2. The number of hydrogen-bond donors (Lipinski definition) is 3. The highest BCUT2D eigenvalue weighted by atomic mass is 16.5. The average Bonchev–Trinajstić information content (AvgIpc) is 3.33. The van der Waals surface area contributed by atoms with Gasteiger partial charge in [0.1, 0.15) is 17.2 Å². The number of amides is 1. The average molecular weight is 348 g/mol. The zero-order chi connectivity index (χ0) is 17.9. The van der Waals surface area contributed by atoms with E-state index in [0.29, 0.717) is 22.9 Å². The summed E-state index contributed by atoms with van der Waals surface area (Å²) in [6, 6.07) is 11.1. The topological polar surface area (TPSA) is 109 Å². The molecule has 3 aromatic heterocycles. The van der Waals surface area contributed by atoms with Crippen molar-refractivity contribution >= 4 is 16.9 Å². The molecule has 8 nitrogen and oxygen atoms in total. The number of methoxy groups -OCH3 is 1. The molecule has 0 spiro atoms. The fourth-order valence-electron chi connectivity index (χ4n) is 2.65. The molecule has 0 saturated heterocycles. The highest BCUT2D eigenvalue weighted by Crippen LogP contribution is 2.19. The fraction of sp³-hybridized carbons (Fsp3) is 0.111. The summed E-state index contributed by atoms with van der Waals surface area (Å²) in [5.41, 5.74) is 2.09. The van der Waals surface area contributed by atoms with Crippen LogP contribution in [-0.2, 0) is 6.54 Å². The molecule has 0 saturated carbocycles. The van der Waals surface area contributed by atoms with E-state index in [2.05, 4.69) is 30.5 Å². The molecule has 0 unspecified atom stereocenters. The number of carbonyl (C=O) groups excluding carboxylic acids is 1. The van der Waals surface area contributed by atoms with Gasteiger partial charge in [0.2, 0.25) is 0 Å². The van der Waals surface area contributed by atoms with E-state index in [1.165, 1.54) is 0 Å². The Hall–Kier alpha value is -3.68. The molecule has 3 heterocycles. The summed E-state index contributed by atoms with van der Waals surface area (Å²) in [6.07, 6.45) is 3.33. The van der Waals surface area contributed by atoms with Crippen LogP contribution in [-0.4, -0.2) is 38.2 Å². The smallest absolute Gasteiger partial charge is 0.253 e. The Labute approximate surface area is 148 Å². The molecule has 1 amide bonds. The molecule has 4 aromatic rings. The van der Waals surface area contributed by atoms with Crippen molar-refractivity contribution in [3.05, 3.63) is 60.2 Å². The van der Waals surface area contributed by atoms with Crippen molar-refractivity contribution in [3.8, 4) is 17.1 Å². The van der Waals surface area contributed by atoms with Crippen molar-refractivity contribution in [1.82, 2.24) is 30.5 Å². The Bertz CT molecular complexity index is 1050. The summed E-state index contributed by atoms with van der Waals surface area (Å²) in [5, 5.41) is 10.6. The fourth-order valence-corrected chi connectivity index (χ4v) is 2.65. The van der Waals surface area contributed by atoms with E-state index in [4.69, 9.17) is 4.74 Å². The highest BCUT2D eigenvalue weighted by Gasteiger charge is 2.13. The lowest BCUT2D eigenvalue weighted by Crippen LogP contribution is -2.23. The SMILES string of the molecule is COc1ccc(-c2n[nH]c(CNC(=O)c3c[nH]c4ncccc34)n2)cc1. The number of H-pyrrole nitrogens is 2. The van der Waals surface area contributed by atoms with Gasteiger partial charge < -0.3 is 15.0 Å². The quantitative estimate of drug-likeness (QED) is 0.513. The van der Waals surface area contributed by atoms with E-state index in [0.717, 1.165) is 16.7 Å². The second-order valence-electron chi connectivity index (χ2n) is 5.62. The van der Waals surface area contributed by atoms with Crippen LogP contribution in [0.2, 0.25) is 0 Å². The molecule has 8 heteroatoms. The predicted molar refractivity (Wildman–Crippen MR) is 95.6 cm³/mol. The van der Waals surface area contributed by atoms with Gasteiger partial charge in [0, 0.05) is 23.3 Å². The van der Waals surface area contributed by atoms with E-state index in [1.807, 2.05) is 30.3 Å². The minimum Gasteiger partial charge on any atom is -0.497 e. The number of nitrogens with one attached hydrogen (secondary N) is 3. The summed E-state index contributed by atoms with van der Waals surface area (Å²) < 4.78 is 5.14. The van der Waals surface area contributed by atoms with Crippen LogP contribution in [0.15, 0.2) is 48.8 Å². The predicted octanol–water partition coefficient (Wildman–Crippen LogP) is 2.29. The van der Waals surface area contributed by atoms with Gasteiger partial charge in [0.25, 0.3) is 5.91 Å². The first-order chi connectivity index (χ1) is 12.7. The zero-order valence-electron chi connectivity index (χ0n) is 14.0. The second kappa shape index (κ2) is 6.67. The number of fused-ring (bicyclic) bond motifs is 1. The lowest BCUT2D eigenvalue weighted by atomic mass is 10.2. The molecule has 0 aliphatic carbocycles. The number of hydrogen-bond acceptors (Lipinski definition) is 5. The van der Waals surface area contributed by atoms with Crippen LogP contribution in [0, 0.1) is 0 Å². The Morgan fingerprint density at radius 2 is 2.08 bits per heavy atom. The van der Waals surface area contributed by atoms with Gasteiger partial charge in [0.15, 0.2) is 5.82 Å². The first-order valence-corrected chi connectivity index (χ1v) is 8.00. The Kier molecular flexibility index (Phi) is 4.06. The maximum atomic E-state index is 12.4. The van der Waals surface area contributed by atoms with Crippen molar-refractivity contribution in [3.63, 3.8) is 0 Å². The number of benzene rings is 1. The summed E-state index contributed by atoms with van der Waals surface area (Å²) in [7, 11) is 1.62. The molecule has 0 aliphatic heterocycles. The second-order valence-corrected chi connectivity index (χ2v) is 5.62. The minimum absolute atomic E-state index is 0.202. The van der Waals surface area contributed by atoms with Crippen LogP contribution < -0.4 is 10.1 Å². The van der Waals surface area contributed by atoms with Gasteiger partial charge in [-0.05, 0) is 36.4 Å². The lowest BCUT2D eigenvalue weighted by molar-refractivity contribution is 0.0951. The molecule has 130 valence electrons. The summed E-state index contributed by atoms with van der Waals surface area (Å²) in [4.78, 5) is 24.0. The Morgan fingerprint density at radius 1 is 1.23 bits per heavy atom. The van der Waals surface area contributed by atoms with Crippen molar-refractivity contribution < 1.29 is 9.53 Å². The van der Waals surface area contributed by atoms with Gasteiger partial charge >= 0.3 is 0 Å². The maximum absolute atomic E-state index is 12.4. The minimum atomic E-state index is -0.202. The third-order valence-corrected chi connectivity index (χ3v) is 3.99. The lowest BCUT2D eigenvalue weighted by Gasteiger charge is -2.01. The van der Waals surface area contributed by atoms with Crippen molar-refractivity contribution in [2.24, 2.45) is 0 Å². The van der Waals surface area contributed by atoms with Crippen molar-refractivity contribution in [1.29, 1.82) is 0 Å². The number of nitrogens with zero attached hydrogens (tertiary/aromatic N) is 3. The summed E-state index contributed by atoms with van der Waals surface area (Å²) in [5.74, 6) is 1.70. The van der Waals surface area contributed by atoms with Gasteiger partial charge in [-0.2, -0.15) is 5.10 Å². The van der Waals surface area contributed by atoms with Gasteiger partial charge in [-0.25, -0.2) is 9.97 Å². The van der Waals surface area contributed by atoms with Crippen molar-refractivity contribution in [2.45, 2.75) is 6.54 Å². The summed E-state index contributed by atoms with van der Waals surface area (Å²) >= 11 is 0. The van der Waals surface area contributed by atoms with Gasteiger partial charge in [-0.1, -0.05) is 0 Å². The molecule has 0 radical (unpaired) electrons. The third-order valence-electron chi connectivity index (χ3n) is 3.99. The Morgan fingerprint density at radius 3 is 2.88 bits per heavy atom. The maximum Gasteiger partial charge on any atom is 0.253 e. The molecule has 26 heavy (non-hydrogen) atoms. The van der Waals surface area contributed by atoms with E-state index in [-0.39, 0.29) is 12.5 Å². The van der Waals surface area contributed by atoms with E-state index < -0.39 is 0 Å².